The van der Waals surface area contributed by atoms with Crippen molar-refractivity contribution in [1.82, 2.24) is 10.3 Å². The largest absolute Gasteiger partial charge is 0.416 e. The Kier molecular flexibility index (Phi) is 5.85. The Balaban J connectivity index is 1.66. The molecule has 4 nitrogen and oxygen atoms in total. The first-order valence-electron chi connectivity index (χ1n) is 10.5. The number of aromatic nitrogens is 1. The predicted molar refractivity (Wildman–Crippen MR) is 115 cm³/mol. The van der Waals surface area contributed by atoms with Crippen LogP contribution in [0.25, 0.3) is 10.9 Å². The van der Waals surface area contributed by atoms with E-state index in [1.165, 1.54) is 18.6 Å². The Hall–Kier alpha value is -3.09. The summed E-state index contributed by atoms with van der Waals surface area (Å²) >= 11 is 0. The summed E-state index contributed by atoms with van der Waals surface area (Å²) in [6, 6.07) is 13.9. The summed E-state index contributed by atoms with van der Waals surface area (Å²) in [7, 11) is 0. The quantitative estimate of drug-likeness (QED) is 0.513. The number of carbonyl (C=O) groups is 1. The van der Waals surface area contributed by atoms with Gasteiger partial charge in [0.05, 0.1) is 16.6 Å². The van der Waals surface area contributed by atoms with Gasteiger partial charge in [0.1, 0.15) is 5.82 Å². The van der Waals surface area contributed by atoms with Gasteiger partial charge >= 0.3 is 6.18 Å². The molecule has 3 aromatic rings. The average molecular weight is 427 g/mol. The molecule has 0 saturated heterocycles. The molecule has 2 unspecified atom stereocenters. The second-order valence-corrected chi connectivity index (χ2v) is 8.12. The molecule has 2 N–H and O–H groups in total. The lowest BCUT2D eigenvalue weighted by Gasteiger charge is -2.29. The zero-order chi connectivity index (χ0) is 22.0. The van der Waals surface area contributed by atoms with Crippen LogP contribution in [0.2, 0.25) is 0 Å². The highest BCUT2D eigenvalue weighted by molar-refractivity contribution is 6.07. The molecule has 162 valence electrons. The van der Waals surface area contributed by atoms with Gasteiger partial charge in [-0.1, -0.05) is 44.0 Å². The summed E-state index contributed by atoms with van der Waals surface area (Å²) in [6.07, 6.45) is -0.128. The van der Waals surface area contributed by atoms with Crippen molar-refractivity contribution in [1.29, 1.82) is 0 Å². The fraction of sp³-hybridized carbons (Fsp3) is 0.333. The van der Waals surface area contributed by atoms with E-state index < -0.39 is 11.7 Å². The van der Waals surface area contributed by atoms with E-state index in [-0.39, 0.29) is 17.6 Å². The highest BCUT2D eigenvalue weighted by atomic mass is 19.4. The van der Waals surface area contributed by atoms with Crippen molar-refractivity contribution >= 4 is 28.3 Å². The first-order chi connectivity index (χ1) is 14.8. The average Bonchev–Trinajstić information content (AvgIpc) is 2.74. The summed E-state index contributed by atoms with van der Waals surface area (Å²) in [6.45, 7) is 2.15. The first-order valence-corrected chi connectivity index (χ1v) is 10.5. The molecule has 2 aromatic carbocycles. The number of hydrogen-bond acceptors (Lipinski definition) is 3. The Bertz CT molecular complexity index is 1100. The lowest BCUT2D eigenvalue weighted by molar-refractivity contribution is -0.137. The van der Waals surface area contributed by atoms with Crippen LogP contribution in [-0.2, 0) is 6.18 Å². The van der Waals surface area contributed by atoms with E-state index >= 15 is 0 Å². The number of nitrogens with zero attached hydrogens (tertiary/aromatic N) is 1. The maximum Gasteiger partial charge on any atom is 0.416 e. The molecule has 1 amide bonds. The van der Waals surface area contributed by atoms with Crippen LogP contribution in [0, 0.1) is 5.92 Å². The monoisotopic (exact) mass is 427 g/mol. The Labute approximate surface area is 178 Å². The number of anilines is 2. The van der Waals surface area contributed by atoms with Gasteiger partial charge in [-0.3, -0.25) is 4.79 Å². The van der Waals surface area contributed by atoms with Crippen LogP contribution < -0.4 is 10.6 Å². The van der Waals surface area contributed by atoms with E-state index in [9.17, 15) is 18.0 Å². The van der Waals surface area contributed by atoms with Crippen molar-refractivity contribution in [2.75, 3.05) is 5.32 Å². The molecule has 1 heterocycles. The second kappa shape index (κ2) is 8.57. The van der Waals surface area contributed by atoms with Crippen LogP contribution in [0.3, 0.4) is 0 Å². The van der Waals surface area contributed by atoms with E-state index in [0.717, 1.165) is 31.4 Å². The summed E-state index contributed by atoms with van der Waals surface area (Å²) in [5.41, 5.74) is 0.562. The minimum absolute atomic E-state index is 0.119. The number of benzene rings is 2. The van der Waals surface area contributed by atoms with E-state index in [2.05, 4.69) is 22.5 Å². The molecule has 1 saturated carbocycles. The van der Waals surface area contributed by atoms with Crippen molar-refractivity contribution in [2.45, 2.75) is 44.8 Å². The number of alkyl halides is 3. The summed E-state index contributed by atoms with van der Waals surface area (Å²) in [5.74, 6) is 0.540. The molecule has 7 heteroatoms. The van der Waals surface area contributed by atoms with Gasteiger partial charge in [0, 0.05) is 17.1 Å². The number of fused-ring (bicyclic) bond motifs is 1. The molecular formula is C24H24F3N3O. The summed E-state index contributed by atoms with van der Waals surface area (Å²) < 4.78 is 39.1. The third kappa shape index (κ3) is 4.81. The lowest BCUT2D eigenvalue weighted by Crippen LogP contribution is -2.41. The highest BCUT2D eigenvalue weighted by Crippen LogP contribution is 2.32. The van der Waals surface area contributed by atoms with Crippen LogP contribution in [-0.4, -0.2) is 16.9 Å². The van der Waals surface area contributed by atoms with Crippen molar-refractivity contribution < 1.29 is 18.0 Å². The normalized spacial score (nSPS) is 19.2. The van der Waals surface area contributed by atoms with Crippen molar-refractivity contribution in [3.8, 4) is 0 Å². The summed E-state index contributed by atoms with van der Waals surface area (Å²) in [4.78, 5) is 17.6. The fourth-order valence-corrected chi connectivity index (χ4v) is 4.13. The topological polar surface area (TPSA) is 54.0 Å². The number of rotatable bonds is 4. The molecule has 31 heavy (non-hydrogen) atoms. The number of hydrogen-bond donors (Lipinski definition) is 2. The minimum Gasteiger partial charge on any atom is -0.349 e. The molecule has 1 aliphatic rings. The van der Waals surface area contributed by atoms with Crippen LogP contribution in [0.1, 0.15) is 48.5 Å². The van der Waals surface area contributed by atoms with Gasteiger partial charge in [0.15, 0.2) is 0 Å². The predicted octanol–water partition coefficient (Wildman–Crippen LogP) is 6.31. The SMILES string of the molecule is CC1CCCCC1NC(=O)c1cc(Nc2cccc(C(F)(F)F)c2)nc2ccccc12. The maximum absolute atomic E-state index is 13.1. The van der Waals surface area contributed by atoms with Crippen molar-refractivity contribution in [3.05, 3.63) is 65.7 Å². The number of pyridine rings is 1. The van der Waals surface area contributed by atoms with Crippen LogP contribution in [0.5, 0.6) is 0 Å². The molecule has 1 fully saturated rings. The molecule has 1 aromatic heterocycles. The molecule has 1 aliphatic carbocycles. The van der Waals surface area contributed by atoms with Gasteiger partial charge in [0.2, 0.25) is 0 Å². The van der Waals surface area contributed by atoms with Gasteiger partial charge in [-0.2, -0.15) is 13.2 Å². The molecule has 2 atom stereocenters. The maximum atomic E-state index is 13.1. The molecule has 0 bridgehead atoms. The third-order valence-corrected chi connectivity index (χ3v) is 5.85. The number of nitrogens with one attached hydrogen (secondary N) is 2. The second-order valence-electron chi connectivity index (χ2n) is 8.12. The third-order valence-electron chi connectivity index (χ3n) is 5.85. The van der Waals surface area contributed by atoms with E-state index in [0.29, 0.717) is 28.2 Å². The van der Waals surface area contributed by atoms with Crippen molar-refractivity contribution in [3.63, 3.8) is 0 Å². The number of carbonyl (C=O) groups excluding carboxylic acids is 1. The Morgan fingerprint density at radius 2 is 1.81 bits per heavy atom. The van der Waals surface area contributed by atoms with Gasteiger partial charge in [-0.05, 0) is 49.1 Å². The molecule has 0 radical (unpaired) electrons. The van der Waals surface area contributed by atoms with Crippen LogP contribution in [0.15, 0.2) is 54.6 Å². The van der Waals surface area contributed by atoms with Crippen molar-refractivity contribution in [2.24, 2.45) is 5.92 Å². The summed E-state index contributed by atoms with van der Waals surface area (Å²) in [5, 5.41) is 6.79. The Morgan fingerprint density at radius 1 is 1.03 bits per heavy atom. The highest BCUT2D eigenvalue weighted by Gasteiger charge is 2.30. The first kappa shape index (κ1) is 21.2. The number of halogens is 3. The molecule has 4 rings (SSSR count). The van der Waals surface area contributed by atoms with Gasteiger partial charge in [-0.15, -0.1) is 0 Å². The van der Waals surface area contributed by atoms with Crippen LogP contribution >= 0.6 is 0 Å². The number of para-hydroxylation sites is 1. The molecule has 0 aliphatic heterocycles. The fourth-order valence-electron chi connectivity index (χ4n) is 4.13. The van der Waals surface area contributed by atoms with E-state index in [4.69, 9.17) is 0 Å². The molecule has 0 spiro atoms. The number of amides is 1. The lowest BCUT2D eigenvalue weighted by atomic mass is 9.86. The van der Waals surface area contributed by atoms with Gasteiger partial charge in [-0.25, -0.2) is 4.98 Å². The van der Waals surface area contributed by atoms with Gasteiger partial charge in [0.25, 0.3) is 5.91 Å². The molecular weight excluding hydrogens is 403 g/mol. The smallest absolute Gasteiger partial charge is 0.349 e. The van der Waals surface area contributed by atoms with E-state index in [1.807, 2.05) is 18.2 Å². The van der Waals surface area contributed by atoms with Gasteiger partial charge < -0.3 is 10.6 Å². The Morgan fingerprint density at radius 3 is 2.58 bits per heavy atom. The van der Waals surface area contributed by atoms with E-state index in [1.54, 1.807) is 12.1 Å². The standard InChI is InChI=1S/C24H24F3N3O/c1-15-7-2-4-11-20(15)30-23(31)19-14-22(29-21-12-5-3-10-18(19)21)28-17-9-6-8-16(13-17)24(25,26)27/h3,5-6,8-10,12-15,20H,2,4,7,11H2,1H3,(H,28,29)(H,30,31). The zero-order valence-corrected chi connectivity index (χ0v) is 17.2. The zero-order valence-electron chi connectivity index (χ0n) is 17.2. The van der Waals surface area contributed by atoms with Crippen LogP contribution in [0.4, 0.5) is 24.7 Å². The minimum atomic E-state index is -4.43.